The highest BCUT2D eigenvalue weighted by Crippen LogP contribution is 2.23. The molecule has 1 aromatic carbocycles. The van der Waals surface area contributed by atoms with Crippen LogP contribution in [0, 0.1) is 18.2 Å². The first-order valence-electron chi connectivity index (χ1n) is 5.31. The van der Waals surface area contributed by atoms with Crippen molar-refractivity contribution in [3.05, 3.63) is 35.1 Å². The number of hydrogen-bond acceptors (Lipinski definition) is 1. The van der Waals surface area contributed by atoms with Gasteiger partial charge in [0.25, 0.3) is 0 Å². The van der Waals surface area contributed by atoms with Crippen LogP contribution in [0.2, 0.25) is 0 Å². The van der Waals surface area contributed by atoms with Gasteiger partial charge >= 0.3 is 5.97 Å². The van der Waals surface area contributed by atoms with E-state index in [9.17, 15) is 9.18 Å². The Bertz CT molecular complexity index is 397. The van der Waals surface area contributed by atoms with Gasteiger partial charge in [-0.25, -0.2) is 4.39 Å². The third-order valence-corrected chi connectivity index (χ3v) is 2.84. The molecule has 0 unspecified atom stereocenters. The van der Waals surface area contributed by atoms with Gasteiger partial charge < -0.3 is 5.11 Å². The summed E-state index contributed by atoms with van der Waals surface area (Å²) in [4.78, 5) is 10.9. The van der Waals surface area contributed by atoms with Crippen LogP contribution in [0.15, 0.2) is 18.2 Å². The Morgan fingerprint density at radius 1 is 1.44 bits per heavy atom. The molecular weight excluding hydrogens is 207 g/mol. The van der Waals surface area contributed by atoms with Gasteiger partial charge in [0.2, 0.25) is 0 Å². The molecule has 16 heavy (non-hydrogen) atoms. The van der Waals surface area contributed by atoms with Gasteiger partial charge in [-0.1, -0.05) is 12.1 Å². The lowest BCUT2D eigenvalue weighted by Gasteiger charge is -2.18. The maximum absolute atomic E-state index is 13.0. The van der Waals surface area contributed by atoms with E-state index < -0.39 is 11.4 Å². The molecule has 0 saturated carbocycles. The quantitative estimate of drug-likeness (QED) is 0.852. The van der Waals surface area contributed by atoms with Crippen molar-refractivity contribution in [1.29, 1.82) is 0 Å². The van der Waals surface area contributed by atoms with Crippen LogP contribution in [0.25, 0.3) is 0 Å². The minimum absolute atomic E-state index is 0.221. The van der Waals surface area contributed by atoms with Crippen molar-refractivity contribution in [2.45, 2.75) is 33.6 Å². The van der Waals surface area contributed by atoms with E-state index in [-0.39, 0.29) is 5.82 Å². The first kappa shape index (κ1) is 12.7. The molecular formula is C13H17FO2. The topological polar surface area (TPSA) is 37.3 Å². The molecule has 0 aliphatic carbocycles. The summed E-state index contributed by atoms with van der Waals surface area (Å²) in [5.41, 5.74) is 0.848. The molecule has 0 aliphatic heterocycles. The van der Waals surface area contributed by atoms with Gasteiger partial charge in [0.05, 0.1) is 5.41 Å². The number of benzene rings is 1. The largest absolute Gasteiger partial charge is 0.481 e. The molecule has 0 aliphatic rings. The molecule has 0 radical (unpaired) electrons. The summed E-state index contributed by atoms with van der Waals surface area (Å²) < 4.78 is 13.0. The van der Waals surface area contributed by atoms with Crippen LogP contribution in [-0.4, -0.2) is 11.1 Å². The van der Waals surface area contributed by atoms with Crippen LogP contribution in [0.5, 0.6) is 0 Å². The molecule has 1 rings (SSSR count). The Morgan fingerprint density at radius 3 is 2.56 bits per heavy atom. The number of carboxylic acids is 1. The van der Waals surface area contributed by atoms with Crippen molar-refractivity contribution in [1.82, 2.24) is 0 Å². The molecule has 0 spiro atoms. The molecule has 0 amide bonds. The van der Waals surface area contributed by atoms with Gasteiger partial charge in [0.1, 0.15) is 5.82 Å². The van der Waals surface area contributed by atoms with Gasteiger partial charge in [-0.3, -0.25) is 4.79 Å². The summed E-state index contributed by atoms with van der Waals surface area (Å²) in [5.74, 6) is -1.02. The van der Waals surface area contributed by atoms with Gasteiger partial charge in [-0.05, 0) is 50.8 Å². The van der Waals surface area contributed by atoms with Crippen molar-refractivity contribution in [3.63, 3.8) is 0 Å². The lowest BCUT2D eigenvalue weighted by molar-refractivity contribution is -0.147. The minimum atomic E-state index is -0.800. The first-order valence-corrected chi connectivity index (χ1v) is 5.31. The molecule has 1 aromatic rings. The second kappa shape index (κ2) is 4.64. The first-order chi connectivity index (χ1) is 7.33. The molecule has 3 heteroatoms. The van der Waals surface area contributed by atoms with E-state index in [0.717, 1.165) is 5.56 Å². The van der Waals surface area contributed by atoms with Crippen molar-refractivity contribution in [2.75, 3.05) is 0 Å². The fourth-order valence-electron chi connectivity index (χ4n) is 1.43. The number of carbonyl (C=O) groups is 1. The second-order valence-electron chi connectivity index (χ2n) is 4.77. The second-order valence-corrected chi connectivity index (χ2v) is 4.77. The molecule has 0 bridgehead atoms. The fourth-order valence-corrected chi connectivity index (χ4v) is 1.43. The SMILES string of the molecule is Cc1cc(CCC(C)(C)C(=O)O)ccc1F. The third kappa shape index (κ3) is 3.05. The van der Waals surface area contributed by atoms with E-state index in [2.05, 4.69) is 0 Å². The summed E-state index contributed by atoms with van der Waals surface area (Å²) in [5, 5.41) is 8.96. The highest BCUT2D eigenvalue weighted by atomic mass is 19.1. The number of rotatable bonds is 4. The summed E-state index contributed by atoms with van der Waals surface area (Å²) >= 11 is 0. The molecule has 1 N–H and O–H groups in total. The van der Waals surface area contributed by atoms with Crippen LogP contribution < -0.4 is 0 Å². The summed E-state index contributed by atoms with van der Waals surface area (Å²) in [7, 11) is 0. The zero-order valence-corrected chi connectivity index (χ0v) is 9.88. The predicted octanol–water partition coefficient (Wildman–Crippen LogP) is 3.18. The van der Waals surface area contributed by atoms with Crippen LogP contribution in [0.4, 0.5) is 4.39 Å². The van der Waals surface area contributed by atoms with Gasteiger partial charge in [-0.2, -0.15) is 0 Å². The molecule has 88 valence electrons. The maximum atomic E-state index is 13.0. The van der Waals surface area contributed by atoms with Crippen molar-refractivity contribution >= 4 is 5.97 Å². The van der Waals surface area contributed by atoms with E-state index in [4.69, 9.17) is 5.11 Å². The Hall–Kier alpha value is -1.38. The standard InChI is InChI=1S/C13H17FO2/c1-9-8-10(4-5-11(9)14)6-7-13(2,3)12(15)16/h4-5,8H,6-7H2,1-3H3,(H,15,16). The summed E-state index contributed by atoms with van der Waals surface area (Å²) in [6.07, 6.45) is 1.20. The van der Waals surface area contributed by atoms with Gasteiger partial charge in [0, 0.05) is 0 Å². The zero-order valence-electron chi connectivity index (χ0n) is 9.88. The Morgan fingerprint density at radius 2 is 2.06 bits per heavy atom. The smallest absolute Gasteiger partial charge is 0.309 e. The highest BCUT2D eigenvalue weighted by Gasteiger charge is 2.26. The van der Waals surface area contributed by atoms with Gasteiger partial charge in [0.15, 0.2) is 0 Å². The average Bonchev–Trinajstić information content (AvgIpc) is 2.20. The van der Waals surface area contributed by atoms with E-state index in [1.54, 1.807) is 32.9 Å². The van der Waals surface area contributed by atoms with Crippen molar-refractivity contribution in [2.24, 2.45) is 5.41 Å². The molecule has 0 fully saturated rings. The number of aliphatic carboxylic acids is 1. The Labute approximate surface area is 95.1 Å². The summed E-state index contributed by atoms with van der Waals surface area (Å²) in [6.45, 7) is 5.11. The lowest BCUT2D eigenvalue weighted by Crippen LogP contribution is -2.24. The number of halogens is 1. The van der Waals surface area contributed by atoms with E-state index >= 15 is 0 Å². The fraction of sp³-hybridized carbons (Fsp3) is 0.462. The van der Waals surface area contributed by atoms with Crippen molar-refractivity contribution in [3.8, 4) is 0 Å². The Balaban J connectivity index is 2.68. The van der Waals surface area contributed by atoms with Crippen LogP contribution >= 0.6 is 0 Å². The number of carboxylic acid groups (broad SMARTS) is 1. The molecule has 2 nitrogen and oxygen atoms in total. The molecule has 0 atom stereocenters. The number of hydrogen-bond donors (Lipinski definition) is 1. The predicted molar refractivity (Wildman–Crippen MR) is 60.9 cm³/mol. The Kier molecular flexibility index (Phi) is 3.68. The lowest BCUT2D eigenvalue weighted by atomic mass is 9.86. The van der Waals surface area contributed by atoms with E-state index in [1.165, 1.54) is 6.07 Å². The molecule has 0 saturated heterocycles. The van der Waals surface area contributed by atoms with Gasteiger partial charge in [-0.15, -0.1) is 0 Å². The van der Waals surface area contributed by atoms with E-state index in [0.29, 0.717) is 18.4 Å². The third-order valence-electron chi connectivity index (χ3n) is 2.84. The highest BCUT2D eigenvalue weighted by molar-refractivity contribution is 5.73. The van der Waals surface area contributed by atoms with Crippen LogP contribution in [0.3, 0.4) is 0 Å². The zero-order chi connectivity index (χ0) is 12.3. The van der Waals surface area contributed by atoms with E-state index in [1.807, 2.05) is 0 Å². The monoisotopic (exact) mass is 224 g/mol. The van der Waals surface area contributed by atoms with Crippen molar-refractivity contribution < 1.29 is 14.3 Å². The van der Waals surface area contributed by atoms with Crippen LogP contribution in [0.1, 0.15) is 31.4 Å². The number of aryl methyl sites for hydroxylation is 2. The minimum Gasteiger partial charge on any atom is -0.481 e. The maximum Gasteiger partial charge on any atom is 0.309 e. The molecule has 0 aromatic heterocycles. The van der Waals surface area contributed by atoms with Crippen LogP contribution in [-0.2, 0) is 11.2 Å². The molecule has 0 heterocycles. The normalized spacial score (nSPS) is 11.5. The summed E-state index contributed by atoms with van der Waals surface area (Å²) in [6, 6.07) is 4.91. The average molecular weight is 224 g/mol.